The summed E-state index contributed by atoms with van der Waals surface area (Å²) in [4.78, 5) is 12.0. The highest BCUT2D eigenvalue weighted by molar-refractivity contribution is 7.80. The van der Waals surface area contributed by atoms with E-state index in [0.29, 0.717) is 5.56 Å². The van der Waals surface area contributed by atoms with E-state index in [-0.39, 0.29) is 16.0 Å². The van der Waals surface area contributed by atoms with Gasteiger partial charge in [0.2, 0.25) is 0 Å². The molecule has 82 valence electrons. The summed E-state index contributed by atoms with van der Waals surface area (Å²) in [7, 11) is 1.74. The predicted octanol–water partition coefficient (Wildman–Crippen LogP) is 1.32. The van der Waals surface area contributed by atoms with Crippen molar-refractivity contribution < 1.29 is 0 Å². The first kappa shape index (κ1) is 11.9. The van der Waals surface area contributed by atoms with Gasteiger partial charge in [0.25, 0.3) is 5.56 Å². The fourth-order valence-corrected chi connectivity index (χ4v) is 1.73. The molecule has 3 nitrogen and oxygen atoms in total. The number of pyridine rings is 1. The van der Waals surface area contributed by atoms with Gasteiger partial charge < -0.3 is 10.3 Å². The Kier molecular flexibility index (Phi) is 3.00. The molecule has 4 heteroatoms. The van der Waals surface area contributed by atoms with Crippen LogP contribution in [0, 0.1) is 0 Å². The van der Waals surface area contributed by atoms with Gasteiger partial charge in [-0.2, -0.15) is 0 Å². The van der Waals surface area contributed by atoms with Crippen molar-refractivity contribution in [1.82, 2.24) is 4.57 Å². The first-order valence-corrected chi connectivity index (χ1v) is 5.16. The van der Waals surface area contributed by atoms with Gasteiger partial charge in [0, 0.05) is 18.2 Å². The van der Waals surface area contributed by atoms with Crippen molar-refractivity contribution in [1.29, 1.82) is 0 Å². The molecule has 0 saturated carbocycles. The highest BCUT2D eigenvalue weighted by Gasteiger charge is 2.18. The van der Waals surface area contributed by atoms with E-state index in [4.69, 9.17) is 18.0 Å². The molecule has 0 radical (unpaired) electrons. The zero-order valence-corrected chi connectivity index (χ0v) is 10.3. The molecule has 0 spiro atoms. The van der Waals surface area contributed by atoms with Gasteiger partial charge >= 0.3 is 0 Å². The maximum Gasteiger partial charge on any atom is 0.260 e. The Hall–Kier alpha value is -1.16. The molecule has 0 aromatic carbocycles. The van der Waals surface area contributed by atoms with E-state index in [0.717, 1.165) is 5.69 Å². The Balaban J connectivity index is 3.48. The number of hydrogen-bond acceptors (Lipinski definition) is 2. The molecule has 1 aromatic rings. The smallest absolute Gasteiger partial charge is 0.260 e. The highest BCUT2D eigenvalue weighted by atomic mass is 32.1. The lowest BCUT2D eigenvalue weighted by molar-refractivity contribution is 0.531. The molecule has 0 atom stereocenters. The molecule has 0 bridgehead atoms. The Morgan fingerprint density at radius 3 is 2.33 bits per heavy atom. The second-order valence-corrected chi connectivity index (χ2v) is 5.05. The van der Waals surface area contributed by atoms with Crippen LogP contribution < -0.4 is 11.3 Å². The third kappa shape index (κ3) is 2.26. The molecule has 0 aliphatic heterocycles. The lowest BCUT2D eigenvalue weighted by Gasteiger charge is -2.22. The van der Waals surface area contributed by atoms with Gasteiger partial charge in [0.1, 0.15) is 4.99 Å². The van der Waals surface area contributed by atoms with E-state index in [9.17, 15) is 4.79 Å². The van der Waals surface area contributed by atoms with Crippen LogP contribution in [0.15, 0.2) is 16.9 Å². The zero-order chi connectivity index (χ0) is 11.8. The van der Waals surface area contributed by atoms with E-state index in [1.54, 1.807) is 17.7 Å². The molecule has 15 heavy (non-hydrogen) atoms. The Bertz CT molecular complexity index is 455. The molecule has 0 aliphatic carbocycles. The molecule has 0 aliphatic rings. The monoisotopic (exact) mass is 224 g/mol. The van der Waals surface area contributed by atoms with Gasteiger partial charge in [-0.15, -0.1) is 0 Å². The molecular formula is C11H16N2OS. The van der Waals surface area contributed by atoms with Gasteiger partial charge in [0.15, 0.2) is 0 Å². The lowest BCUT2D eigenvalue weighted by Crippen LogP contribution is -2.32. The average molecular weight is 224 g/mol. The molecular weight excluding hydrogens is 208 g/mol. The minimum atomic E-state index is -0.130. The Labute approximate surface area is 94.9 Å². The van der Waals surface area contributed by atoms with Crippen molar-refractivity contribution in [2.45, 2.75) is 26.2 Å². The summed E-state index contributed by atoms with van der Waals surface area (Å²) in [6, 6.07) is 3.60. The van der Waals surface area contributed by atoms with Gasteiger partial charge in [-0.3, -0.25) is 4.79 Å². The number of nitrogens with two attached hydrogens (primary N) is 1. The summed E-state index contributed by atoms with van der Waals surface area (Å²) >= 11 is 4.81. The summed E-state index contributed by atoms with van der Waals surface area (Å²) in [5, 5.41) is 0. The van der Waals surface area contributed by atoms with Crippen LogP contribution in [0.4, 0.5) is 0 Å². The van der Waals surface area contributed by atoms with Crippen molar-refractivity contribution in [3.63, 3.8) is 0 Å². The number of hydrogen-bond donors (Lipinski definition) is 1. The van der Waals surface area contributed by atoms with Gasteiger partial charge in [-0.1, -0.05) is 33.0 Å². The fraction of sp³-hybridized carbons (Fsp3) is 0.455. The Morgan fingerprint density at radius 2 is 1.93 bits per heavy atom. The van der Waals surface area contributed by atoms with Crippen LogP contribution in [0.3, 0.4) is 0 Å². The van der Waals surface area contributed by atoms with E-state index in [1.165, 1.54) is 0 Å². The van der Waals surface area contributed by atoms with E-state index < -0.39 is 0 Å². The van der Waals surface area contributed by atoms with E-state index >= 15 is 0 Å². The highest BCUT2D eigenvalue weighted by Crippen LogP contribution is 2.20. The second kappa shape index (κ2) is 3.77. The first-order chi connectivity index (χ1) is 6.75. The summed E-state index contributed by atoms with van der Waals surface area (Å²) in [5.41, 5.74) is 6.63. The number of aromatic nitrogens is 1. The zero-order valence-electron chi connectivity index (χ0n) is 9.50. The predicted molar refractivity (Wildman–Crippen MR) is 66.3 cm³/mol. The summed E-state index contributed by atoms with van der Waals surface area (Å²) in [6.07, 6.45) is 0. The molecule has 1 rings (SSSR count). The molecule has 0 saturated heterocycles. The van der Waals surface area contributed by atoms with E-state index in [1.807, 2.05) is 6.07 Å². The van der Waals surface area contributed by atoms with Crippen LogP contribution in [0.2, 0.25) is 0 Å². The largest absolute Gasteiger partial charge is 0.389 e. The standard InChI is InChI=1S/C11H16N2OS/c1-11(2,3)8-6-5-7(9(12)15)10(14)13(8)4/h5-6H,1-4H3,(H2,12,15). The molecule has 0 unspecified atom stereocenters. The number of nitrogens with zero attached hydrogens (tertiary/aromatic N) is 1. The normalized spacial score (nSPS) is 11.5. The molecule has 0 amide bonds. The SMILES string of the molecule is Cn1c(C(C)(C)C)ccc(C(N)=S)c1=O. The van der Waals surface area contributed by atoms with Crippen LogP contribution >= 0.6 is 12.2 Å². The van der Waals surface area contributed by atoms with Crippen molar-refractivity contribution in [3.8, 4) is 0 Å². The molecule has 1 heterocycles. The topological polar surface area (TPSA) is 48.0 Å². The maximum absolute atomic E-state index is 11.9. The molecule has 1 aromatic heterocycles. The second-order valence-electron chi connectivity index (χ2n) is 4.61. The van der Waals surface area contributed by atoms with Crippen LogP contribution in [-0.2, 0) is 12.5 Å². The third-order valence-electron chi connectivity index (χ3n) is 2.34. The number of thiocarbonyl (C=S) groups is 1. The van der Waals surface area contributed by atoms with Crippen LogP contribution in [0.25, 0.3) is 0 Å². The van der Waals surface area contributed by atoms with Crippen LogP contribution in [-0.4, -0.2) is 9.56 Å². The van der Waals surface area contributed by atoms with E-state index in [2.05, 4.69) is 20.8 Å². The summed E-state index contributed by atoms with van der Waals surface area (Å²) in [5.74, 6) is 0. The van der Waals surface area contributed by atoms with Crippen LogP contribution in [0.1, 0.15) is 32.0 Å². The van der Waals surface area contributed by atoms with Crippen molar-refractivity contribution in [2.24, 2.45) is 12.8 Å². The number of rotatable bonds is 1. The fourth-order valence-electron chi connectivity index (χ4n) is 1.58. The minimum Gasteiger partial charge on any atom is -0.389 e. The van der Waals surface area contributed by atoms with Crippen molar-refractivity contribution >= 4 is 17.2 Å². The lowest BCUT2D eigenvalue weighted by atomic mass is 9.91. The quantitative estimate of drug-likeness (QED) is 0.732. The first-order valence-electron chi connectivity index (χ1n) is 4.75. The third-order valence-corrected chi connectivity index (χ3v) is 2.56. The van der Waals surface area contributed by atoms with Gasteiger partial charge in [-0.05, 0) is 12.1 Å². The average Bonchev–Trinajstić information content (AvgIpc) is 2.06. The van der Waals surface area contributed by atoms with Gasteiger partial charge in [-0.25, -0.2) is 0 Å². The Morgan fingerprint density at radius 1 is 1.40 bits per heavy atom. The van der Waals surface area contributed by atoms with Gasteiger partial charge in [0.05, 0.1) is 5.56 Å². The molecule has 2 N–H and O–H groups in total. The minimum absolute atomic E-state index is 0.0668. The summed E-state index contributed by atoms with van der Waals surface area (Å²) in [6.45, 7) is 6.17. The van der Waals surface area contributed by atoms with Crippen molar-refractivity contribution in [3.05, 3.63) is 33.7 Å². The summed E-state index contributed by atoms with van der Waals surface area (Å²) < 4.78 is 1.61. The van der Waals surface area contributed by atoms with Crippen LogP contribution in [0.5, 0.6) is 0 Å². The maximum atomic E-state index is 11.9. The van der Waals surface area contributed by atoms with Crippen molar-refractivity contribution in [2.75, 3.05) is 0 Å². The molecule has 0 fully saturated rings.